The molecule has 37 heavy (non-hydrogen) atoms. The minimum absolute atomic E-state index is 0.0489. The van der Waals surface area contributed by atoms with Gasteiger partial charge in [0.2, 0.25) is 5.91 Å². The lowest BCUT2D eigenvalue weighted by Crippen LogP contribution is -2.40. The van der Waals surface area contributed by atoms with E-state index in [9.17, 15) is 14.7 Å². The van der Waals surface area contributed by atoms with Gasteiger partial charge in [-0.05, 0) is 35.7 Å². The fourth-order valence-electron chi connectivity index (χ4n) is 4.26. The smallest absolute Gasteiger partial charge is 0.255 e. The van der Waals surface area contributed by atoms with Crippen LogP contribution in [0.4, 0.5) is 4.39 Å². The van der Waals surface area contributed by atoms with Crippen LogP contribution in [0.15, 0.2) is 42.6 Å². The first-order chi connectivity index (χ1) is 17.7. The number of halogens is 2. The molecule has 2 amide bonds. The molecule has 4 rings (SSSR count). The van der Waals surface area contributed by atoms with Crippen LogP contribution in [0.3, 0.4) is 0 Å². The van der Waals surface area contributed by atoms with E-state index in [2.05, 4.69) is 15.3 Å². The SMILES string of the molecule is COc1cccc([C@@H](CO)NC(=O)CN2Cc3c(F)cc(-c4nc(CC(C)C)ncc4Cl)cc3C2=O)c1. The number of carbonyl (C=O) groups excluding carboxylic acids is 2. The molecule has 0 saturated heterocycles. The normalized spacial score (nSPS) is 13.6. The molecule has 1 atom stereocenters. The van der Waals surface area contributed by atoms with Crippen LogP contribution in [-0.4, -0.2) is 52.1 Å². The van der Waals surface area contributed by atoms with Crippen LogP contribution in [0.25, 0.3) is 11.3 Å². The van der Waals surface area contributed by atoms with E-state index in [1.165, 1.54) is 24.3 Å². The van der Waals surface area contributed by atoms with E-state index in [0.29, 0.717) is 40.7 Å². The molecule has 0 bridgehead atoms. The molecule has 3 aromatic rings. The van der Waals surface area contributed by atoms with Crippen LogP contribution in [0, 0.1) is 11.7 Å². The van der Waals surface area contributed by atoms with Crippen LogP contribution >= 0.6 is 11.6 Å². The monoisotopic (exact) mass is 526 g/mol. The number of benzene rings is 2. The Balaban J connectivity index is 1.52. The van der Waals surface area contributed by atoms with Crippen molar-refractivity contribution in [2.45, 2.75) is 32.9 Å². The van der Waals surface area contributed by atoms with Crippen molar-refractivity contribution in [1.29, 1.82) is 0 Å². The summed E-state index contributed by atoms with van der Waals surface area (Å²) in [6.45, 7) is 3.39. The van der Waals surface area contributed by atoms with Crippen LogP contribution in [-0.2, 0) is 17.8 Å². The zero-order chi connectivity index (χ0) is 26.7. The molecule has 0 aliphatic carbocycles. The highest BCUT2D eigenvalue weighted by molar-refractivity contribution is 6.32. The largest absolute Gasteiger partial charge is 0.497 e. The highest BCUT2D eigenvalue weighted by Crippen LogP contribution is 2.33. The van der Waals surface area contributed by atoms with Gasteiger partial charge in [0.25, 0.3) is 5.91 Å². The lowest BCUT2D eigenvalue weighted by molar-refractivity contribution is -0.122. The molecular weight excluding hydrogens is 499 g/mol. The molecule has 1 aliphatic rings. The second-order valence-electron chi connectivity index (χ2n) is 9.31. The second-order valence-corrected chi connectivity index (χ2v) is 9.71. The van der Waals surface area contributed by atoms with Crippen molar-refractivity contribution in [2.24, 2.45) is 5.92 Å². The molecule has 0 radical (unpaired) electrons. The van der Waals surface area contributed by atoms with Crippen molar-refractivity contribution in [1.82, 2.24) is 20.2 Å². The Morgan fingerprint density at radius 2 is 2.08 bits per heavy atom. The number of amides is 2. The summed E-state index contributed by atoms with van der Waals surface area (Å²) in [5.74, 6) is -0.0488. The molecule has 10 heteroatoms. The number of carbonyl (C=O) groups is 2. The van der Waals surface area contributed by atoms with Gasteiger partial charge in [-0.15, -0.1) is 0 Å². The van der Waals surface area contributed by atoms with Crippen LogP contribution in [0.2, 0.25) is 5.02 Å². The number of hydrogen-bond acceptors (Lipinski definition) is 6. The quantitative estimate of drug-likeness (QED) is 0.437. The average Bonchev–Trinajstić information content (AvgIpc) is 3.19. The number of aliphatic hydroxyl groups excluding tert-OH is 1. The molecule has 0 saturated carbocycles. The topological polar surface area (TPSA) is 105 Å². The van der Waals surface area contributed by atoms with Crippen LogP contribution in [0.1, 0.15) is 47.2 Å². The average molecular weight is 527 g/mol. The van der Waals surface area contributed by atoms with Crippen molar-refractivity contribution in [2.75, 3.05) is 20.3 Å². The first-order valence-corrected chi connectivity index (χ1v) is 12.3. The zero-order valence-electron chi connectivity index (χ0n) is 20.8. The van der Waals surface area contributed by atoms with Crippen molar-refractivity contribution >= 4 is 23.4 Å². The van der Waals surface area contributed by atoms with Gasteiger partial charge in [0, 0.05) is 29.3 Å². The number of hydrogen-bond donors (Lipinski definition) is 2. The fraction of sp³-hybridized carbons (Fsp3) is 0.333. The molecule has 1 aromatic heterocycles. The van der Waals surface area contributed by atoms with Gasteiger partial charge in [0.1, 0.15) is 23.9 Å². The third-order valence-electron chi connectivity index (χ3n) is 6.07. The summed E-state index contributed by atoms with van der Waals surface area (Å²) in [5, 5.41) is 12.8. The minimum Gasteiger partial charge on any atom is -0.497 e. The number of ether oxygens (including phenoxy) is 1. The maximum Gasteiger partial charge on any atom is 0.255 e. The molecule has 1 aliphatic heterocycles. The summed E-state index contributed by atoms with van der Waals surface area (Å²) in [5.41, 5.74) is 1.74. The lowest BCUT2D eigenvalue weighted by Gasteiger charge is -2.20. The highest BCUT2D eigenvalue weighted by Gasteiger charge is 2.32. The van der Waals surface area contributed by atoms with Gasteiger partial charge in [0.15, 0.2) is 0 Å². The number of rotatable bonds is 9. The van der Waals surface area contributed by atoms with Crippen LogP contribution < -0.4 is 10.1 Å². The third-order valence-corrected chi connectivity index (χ3v) is 6.35. The summed E-state index contributed by atoms with van der Waals surface area (Å²) in [6, 6.07) is 9.13. The summed E-state index contributed by atoms with van der Waals surface area (Å²) in [6.07, 6.45) is 2.11. The number of fused-ring (bicyclic) bond motifs is 1. The van der Waals surface area contributed by atoms with Gasteiger partial charge in [-0.25, -0.2) is 14.4 Å². The predicted octanol–water partition coefficient (Wildman–Crippen LogP) is 3.95. The summed E-state index contributed by atoms with van der Waals surface area (Å²) in [7, 11) is 1.52. The standard InChI is InChI=1S/C27H28ClFN4O4/c1-15(2)7-24-30-11-21(28)26(32-24)17-9-19-20(22(29)10-17)12-33(27(19)36)13-25(35)31-23(14-34)16-5-4-6-18(8-16)37-3/h4-6,8-11,15,23,34H,7,12-14H2,1-3H3,(H,31,35)/t23-/m1/s1. The first-order valence-electron chi connectivity index (χ1n) is 11.9. The van der Waals surface area contributed by atoms with Gasteiger partial charge in [-0.3, -0.25) is 9.59 Å². The minimum atomic E-state index is -0.689. The Morgan fingerprint density at radius 1 is 1.30 bits per heavy atom. The molecule has 0 fully saturated rings. The third kappa shape index (κ3) is 5.89. The molecule has 8 nitrogen and oxygen atoms in total. The van der Waals surface area contributed by atoms with E-state index < -0.39 is 23.7 Å². The number of aliphatic hydroxyl groups is 1. The van der Waals surface area contributed by atoms with E-state index in [4.69, 9.17) is 16.3 Å². The Morgan fingerprint density at radius 3 is 2.78 bits per heavy atom. The van der Waals surface area contributed by atoms with Gasteiger partial charge < -0.3 is 20.1 Å². The molecule has 194 valence electrons. The summed E-state index contributed by atoms with van der Waals surface area (Å²) >= 11 is 6.31. The van der Waals surface area contributed by atoms with Gasteiger partial charge in [-0.1, -0.05) is 37.6 Å². The highest BCUT2D eigenvalue weighted by atomic mass is 35.5. The number of nitrogens with zero attached hydrogens (tertiary/aromatic N) is 3. The van der Waals surface area contributed by atoms with Gasteiger partial charge in [-0.2, -0.15) is 0 Å². The maximum absolute atomic E-state index is 15.1. The summed E-state index contributed by atoms with van der Waals surface area (Å²) < 4.78 is 20.3. The van der Waals surface area contributed by atoms with E-state index in [-0.39, 0.29) is 35.8 Å². The van der Waals surface area contributed by atoms with Crippen LogP contribution in [0.5, 0.6) is 5.75 Å². The Kier molecular flexibility index (Phi) is 8.04. The second kappa shape index (κ2) is 11.2. The Bertz CT molecular complexity index is 1330. The molecule has 2 heterocycles. The molecule has 0 spiro atoms. The predicted molar refractivity (Wildman–Crippen MR) is 137 cm³/mol. The van der Waals surface area contributed by atoms with Crippen molar-refractivity contribution in [3.05, 3.63) is 75.9 Å². The van der Waals surface area contributed by atoms with Gasteiger partial charge >= 0.3 is 0 Å². The first kappa shape index (κ1) is 26.5. The van der Waals surface area contributed by atoms with Crippen molar-refractivity contribution < 1.29 is 23.8 Å². The Hall–Kier alpha value is -3.56. The number of aromatic nitrogens is 2. The van der Waals surface area contributed by atoms with Crippen molar-refractivity contribution in [3.8, 4) is 17.0 Å². The van der Waals surface area contributed by atoms with E-state index in [1.807, 2.05) is 13.8 Å². The van der Waals surface area contributed by atoms with E-state index in [0.717, 1.165) is 0 Å². The molecule has 2 N–H and O–H groups in total. The zero-order valence-corrected chi connectivity index (χ0v) is 21.6. The fourth-order valence-corrected chi connectivity index (χ4v) is 4.46. The molecule has 0 unspecified atom stereocenters. The number of methoxy groups -OCH3 is 1. The Labute approximate surface area is 219 Å². The molecular formula is C27H28ClFN4O4. The molecule has 2 aromatic carbocycles. The lowest BCUT2D eigenvalue weighted by atomic mass is 10.0. The van der Waals surface area contributed by atoms with E-state index in [1.54, 1.807) is 30.3 Å². The maximum atomic E-state index is 15.1. The summed E-state index contributed by atoms with van der Waals surface area (Å²) in [4.78, 5) is 35.9. The van der Waals surface area contributed by atoms with E-state index >= 15 is 4.39 Å². The van der Waals surface area contributed by atoms with Gasteiger partial charge in [0.05, 0.1) is 37.0 Å². The number of nitrogens with one attached hydrogen (secondary N) is 1. The van der Waals surface area contributed by atoms with Crippen molar-refractivity contribution in [3.63, 3.8) is 0 Å².